The third-order valence-electron chi connectivity index (χ3n) is 3.19. The van der Waals surface area contributed by atoms with Gasteiger partial charge in [0, 0.05) is 10.5 Å². The van der Waals surface area contributed by atoms with Crippen molar-refractivity contribution in [3.63, 3.8) is 0 Å². The van der Waals surface area contributed by atoms with Crippen LogP contribution in [0.15, 0.2) is 22.7 Å². The molecule has 0 spiro atoms. The van der Waals surface area contributed by atoms with E-state index in [2.05, 4.69) is 41.1 Å². The molecular formula is C13H18BrN. The number of rotatable bonds is 4. The summed E-state index contributed by atoms with van der Waals surface area (Å²) >= 11 is 3.51. The fourth-order valence-corrected chi connectivity index (χ4v) is 2.13. The minimum Gasteiger partial charge on any atom is -0.324 e. The largest absolute Gasteiger partial charge is 0.324 e. The van der Waals surface area contributed by atoms with Crippen LogP contribution in [0.5, 0.6) is 0 Å². The molecule has 15 heavy (non-hydrogen) atoms. The van der Waals surface area contributed by atoms with Crippen LogP contribution in [0.3, 0.4) is 0 Å². The van der Waals surface area contributed by atoms with Crippen LogP contribution in [-0.2, 0) is 0 Å². The van der Waals surface area contributed by atoms with Crippen molar-refractivity contribution in [3.05, 3.63) is 33.8 Å². The number of hydrogen-bond donors (Lipinski definition) is 1. The van der Waals surface area contributed by atoms with Crippen molar-refractivity contribution < 1.29 is 0 Å². The van der Waals surface area contributed by atoms with Gasteiger partial charge in [-0.3, -0.25) is 0 Å². The van der Waals surface area contributed by atoms with Crippen LogP contribution in [0.4, 0.5) is 0 Å². The summed E-state index contributed by atoms with van der Waals surface area (Å²) < 4.78 is 1.17. The smallest absolute Gasteiger partial charge is 0.0295 e. The van der Waals surface area contributed by atoms with Crippen LogP contribution in [0.1, 0.15) is 42.9 Å². The fourth-order valence-electron chi connectivity index (χ4n) is 1.89. The first-order valence-corrected chi connectivity index (χ1v) is 6.48. The van der Waals surface area contributed by atoms with Crippen molar-refractivity contribution in [2.45, 2.75) is 38.6 Å². The lowest BCUT2D eigenvalue weighted by Crippen LogP contribution is -2.10. The standard InChI is InChI=1S/C13H18BrN/c1-9-8-11(5-6-12(9)14)13(15)7-4-10-2-3-10/h5-6,8,10,13H,2-4,7,15H2,1H3. The van der Waals surface area contributed by atoms with Gasteiger partial charge in [0.2, 0.25) is 0 Å². The highest BCUT2D eigenvalue weighted by Gasteiger charge is 2.21. The van der Waals surface area contributed by atoms with Crippen LogP contribution < -0.4 is 5.73 Å². The lowest BCUT2D eigenvalue weighted by Gasteiger charge is -2.12. The number of hydrogen-bond acceptors (Lipinski definition) is 1. The molecule has 1 unspecified atom stereocenters. The Bertz CT molecular complexity index is 344. The first-order chi connectivity index (χ1) is 7.16. The number of halogens is 1. The third kappa shape index (κ3) is 3.05. The average molecular weight is 268 g/mol. The van der Waals surface area contributed by atoms with E-state index in [-0.39, 0.29) is 6.04 Å². The summed E-state index contributed by atoms with van der Waals surface area (Å²) in [5, 5.41) is 0. The molecule has 1 aliphatic rings. The van der Waals surface area contributed by atoms with Gasteiger partial charge in [-0.05, 0) is 42.9 Å². The Labute approximate surface area is 100 Å². The van der Waals surface area contributed by atoms with Crippen molar-refractivity contribution in [2.75, 3.05) is 0 Å². The van der Waals surface area contributed by atoms with Crippen molar-refractivity contribution in [2.24, 2.45) is 11.7 Å². The molecule has 1 nitrogen and oxygen atoms in total. The van der Waals surface area contributed by atoms with Gasteiger partial charge in [-0.2, -0.15) is 0 Å². The number of nitrogens with two attached hydrogens (primary N) is 1. The number of aryl methyl sites for hydroxylation is 1. The van der Waals surface area contributed by atoms with Gasteiger partial charge in [0.1, 0.15) is 0 Å². The minimum absolute atomic E-state index is 0.220. The molecule has 2 heteroatoms. The maximum absolute atomic E-state index is 6.17. The highest BCUT2D eigenvalue weighted by Crippen LogP contribution is 2.35. The third-order valence-corrected chi connectivity index (χ3v) is 4.08. The summed E-state index contributed by atoms with van der Waals surface area (Å²) in [5.41, 5.74) is 8.72. The SMILES string of the molecule is Cc1cc(C(N)CCC2CC2)ccc1Br. The summed E-state index contributed by atoms with van der Waals surface area (Å²) in [6.45, 7) is 2.11. The van der Waals surface area contributed by atoms with Gasteiger partial charge in [-0.15, -0.1) is 0 Å². The molecule has 0 saturated heterocycles. The van der Waals surface area contributed by atoms with Crippen LogP contribution >= 0.6 is 15.9 Å². The molecule has 82 valence electrons. The molecule has 2 rings (SSSR count). The lowest BCUT2D eigenvalue weighted by molar-refractivity contribution is 0.575. The van der Waals surface area contributed by atoms with Crippen LogP contribution in [-0.4, -0.2) is 0 Å². The van der Waals surface area contributed by atoms with E-state index in [4.69, 9.17) is 5.73 Å². The van der Waals surface area contributed by atoms with E-state index >= 15 is 0 Å². The Morgan fingerprint density at radius 2 is 2.20 bits per heavy atom. The zero-order valence-electron chi connectivity index (χ0n) is 9.17. The molecule has 1 fully saturated rings. The molecular weight excluding hydrogens is 250 g/mol. The average Bonchev–Trinajstić information content (AvgIpc) is 3.02. The minimum atomic E-state index is 0.220. The molecule has 0 bridgehead atoms. The Hall–Kier alpha value is -0.340. The fraction of sp³-hybridized carbons (Fsp3) is 0.538. The maximum atomic E-state index is 6.17. The predicted molar refractivity (Wildman–Crippen MR) is 67.8 cm³/mol. The molecule has 1 aliphatic carbocycles. The lowest BCUT2D eigenvalue weighted by atomic mass is 10.00. The molecule has 0 aromatic heterocycles. The second-order valence-electron chi connectivity index (χ2n) is 4.64. The Balaban J connectivity index is 1.97. The van der Waals surface area contributed by atoms with Gasteiger partial charge in [-0.1, -0.05) is 40.9 Å². The topological polar surface area (TPSA) is 26.0 Å². The van der Waals surface area contributed by atoms with Gasteiger partial charge < -0.3 is 5.73 Å². The van der Waals surface area contributed by atoms with Gasteiger partial charge in [0.15, 0.2) is 0 Å². The highest BCUT2D eigenvalue weighted by molar-refractivity contribution is 9.10. The molecule has 1 aromatic carbocycles. The quantitative estimate of drug-likeness (QED) is 0.879. The normalized spacial score (nSPS) is 17.8. The molecule has 0 heterocycles. The summed E-state index contributed by atoms with van der Waals surface area (Å²) in [5.74, 6) is 0.979. The van der Waals surface area contributed by atoms with Gasteiger partial charge >= 0.3 is 0 Å². The predicted octanol–water partition coefficient (Wildman–Crippen LogP) is 3.95. The molecule has 0 aliphatic heterocycles. The van der Waals surface area contributed by atoms with Crippen molar-refractivity contribution in [1.29, 1.82) is 0 Å². The second-order valence-corrected chi connectivity index (χ2v) is 5.49. The van der Waals surface area contributed by atoms with Crippen molar-refractivity contribution in [3.8, 4) is 0 Å². The van der Waals surface area contributed by atoms with E-state index in [1.807, 2.05) is 0 Å². The first-order valence-electron chi connectivity index (χ1n) is 5.68. The van der Waals surface area contributed by atoms with Gasteiger partial charge in [-0.25, -0.2) is 0 Å². The van der Waals surface area contributed by atoms with E-state index in [1.165, 1.54) is 34.9 Å². The second kappa shape index (κ2) is 4.67. The Morgan fingerprint density at radius 3 is 2.80 bits per heavy atom. The van der Waals surface area contributed by atoms with Gasteiger partial charge in [0.05, 0.1) is 0 Å². The van der Waals surface area contributed by atoms with E-state index in [1.54, 1.807) is 0 Å². The Kier molecular flexibility index (Phi) is 3.47. The Morgan fingerprint density at radius 1 is 1.47 bits per heavy atom. The molecule has 2 N–H and O–H groups in total. The van der Waals surface area contributed by atoms with E-state index in [0.717, 1.165) is 12.3 Å². The molecule has 0 amide bonds. The summed E-state index contributed by atoms with van der Waals surface area (Å²) in [7, 11) is 0. The maximum Gasteiger partial charge on any atom is 0.0295 e. The molecule has 1 atom stereocenters. The molecule has 1 saturated carbocycles. The first kappa shape index (κ1) is 11.2. The monoisotopic (exact) mass is 267 g/mol. The van der Waals surface area contributed by atoms with Gasteiger partial charge in [0.25, 0.3) is 0 Å². The molecule has 1 aromatic rings. The zero-order chi connectivity index (χ0) is 10.8. The van der Waals surface area contributed by atoms with E-state index < -0.39 is 0 Å². The molecule has 0 radical (unpaired) electrons. The van der Waals surface area contributed by atoms with Crippen LogP contribution in [0.2, 0.25) is 0 Å². The number of benzene rings is 1. The van der Waals surface area contributed by atoms with E-state index in [0.29, 0.717) is 0 Å². The summed E-state index contributed by atoms with van der Waals surface area (Å²) in [6, 6.07) is 6.65. The summed E-state index contributed by atoms with van der Waals surface area (Å²) in [6.07, 6.45) is 5.28. The summed E-state index contributed by atoms with van der Waals surface area (Å²) in [4.78, 5) is 0. The van der Waals surface area contributed by atoms with Crippen molar-refractivity contribution in [1.82, 2.24) is 0 Å². The van der Waals surface area contributed by atoms with Crippen LogP contribution in [0.25, 0.3) is 0 Å². The zero-order valence-corrected chi connectivity index (χ0v) is 10.8. The van der Waals surface area contributed by atoms with E-state index in [9.17, 15) is 0 Å². The van der Waals surface area contributed by atoms with Crippen molar-refractivity contribution >= 4 is 15.9 Å². The van der Waals surface area contributed by atoms with Crippen LogP contribution in [0, 0.1) is 12.8 Å². The highest BCUT2D eigenvalue weighted by atomic mass is 79.9.